The van der Waals surface area contributed by atoms with Gasteiger partial charge in [0.05, 0.1) is 19.3 Å². The number of carbonyl (C=O) groups excluding carboxylic acids is 3. The normalized spacial score (nSPS) is 14.1. The molecule has 0 radical (unpaired) electrons. The van der Waals surface area contributed by atoms with Crippen LogP contribution < -0.4 is 11.1 Å². The van der Waals surface area contributed by atoms with E-state index in [4.69, 9.17) is 15.2 Å². The molecule has 3 N–H and O–H groups in total. The van der Waals surface area contributed by atoms with E-state index in [2.05, 4.69) is 17.5 Å². The average molecular weight is 338 g/mol. The fourth-order valence-electron chi connectivity index (χ4n) is 2.12. The molecule has 7 nitrogen and oxygen atoms in total. The molecule has 0 fully saturated rings. The first kappa shape index (κ1) is 20.1. The smallest absolute Gasteiger partial charge is 0.305 e. The summed E-state index contributed by atoms with van der Waals surface area (Å²) in [5.41, 5.74) is 6.68. The maximum absolute atomic E-state index is 11.5. The minimum atomic E-state index is -0.772. The van der Waals surface area contributed by atoms with Crippen molar-refractivity contribution in [1.82, 2.24) is 5.32 Å². The molecular weight excluding hydrogens is 312 g/mol. The zero-order valence-corrected chi connectivity index (χ0v) is 13.9. The van der Waals surface area contributed by atoms with E-state index in [9.17, 15) is 14.4 Å². The molecule has 1 aliphatic rings. The van der Waals surface area contributed by atoms with Gasteiger partial charge in [0.1, 0.15) is 12.9 Å². The van der Waals surface area contributed by atoms with E-state index < -0.39 is 6.04 Å². The number of aldehydes is 1. The minimum Gasteiger partial charge on any atom is -0.463 e. The standard InChI is InChI=1S/C17H26N2O5/c18-15(13-20)12-16(21)19-8-9-23-10-11-24-17(22)7-3-6-14-4-1-2-5-14/h1-2,4,13,15H,3,5-12,18H2,(H,19,21). The first-order valence-electron chi connectivity index (χ1n) is 8.17. The molecule has 0 bridgehead atoms. The highest BCUT2D eigenvalue weighted by atomic mass is 16.6. The van der Waals surface area contributed by atoms with Crippen LogP contribution in [-0.2, 0) is 23.9 Å². The van der Waals surface area contributed by atoms with E-state index in [0.717, 1.165) is 19.3 Å². The Morgan fingerprint density at radius 2 is 2.17 bits per heavy atom. The number of hydrogen-bond acceptors (Lipinski definition) is 6. The third-order valence-electron chi connectivity index (χ3n) is 3.38. The summed E-state index contributed by atoms with van der Waals surface area (Å²) in [6, 6.07) is -0.772. The van der Waals surface area contributed by atoms with Crippen LogP contribution in [0.15, 0.2) is 23.8 Å². The Kier molecular flexibility index (Phi) is 10.4. The highest BCUT2D eigenvalue weighted by Gasteiger charge is 2.07. The number of hydrogen-bond donors (Lipinski definition) is 2. The summed E-state index contributed by atoms with van der Waals surface area (Å²) < 4.78 is 10.3. The Bertz CT molecular complexity index is 474. The first-order valence-corrected chi connectivity index (χ1v) is 8.17. The summed E-state index contributed by atoms with van der Waals surface area (Å²) in [4.78, 5) is 33.1. The molecule has 0 aromatic carbocycles. The van der Waals surface area contributed by atoms with Crippen LogP contribution in [0.2, 0.25) is 0 Å². The van der Waals surface area contributed by atoms with Gasteiger partial charge in [-0.3, -0.25) is 9.59 Å². The molecule has 1 unspecified atom stereocenters. The van der Waals surface area contributed by atoms with Gasteiger partial charge in [-0.05, 0) is 19.3 Å². The minimum absolute atomic E-state index is 0.0337. The van der Waals surface area contributed by atoms with Crippen LogP contribution in [0.4, 0.5) is 0 Å². The molecule has 0 saturated heterocycles. The van der Waals surface area contributed by atoms with E-state index in [0.29, 0.717) is 25.9 Å². The molecule has 24 heavy (non-hydrogen) atoms. The van der Waals surface area contributed by atoms with Crippen molar-refractivity contribution in [3.05, 3.63) is 23.8 Å². The largest absolute Gasteiger partial charge is 0.463 e. The monoisotopic (exact) mass is 338 g/mol. The van der Waals surface area contributed by atoms with Gasteiger partial charge >= 0.3 is 5.97 Å². The number of amides is 1. The van der Waals surface area contributed by atoms with Crippen molar-refractivity contribution in [2.45, 2.75) is 38.1 Å². The van der Waals surface area contributed by atoms with Crippen LogP contribution in [0.3, 0.4) is 0 Å². The van der Waals surface area contributed by atoms with Crippen LogP contribution >= 0.6 is 0 Å². The number of allylic oxidation sites excluding steroid dienone is 4. The molecule has 1 rings (SSSR count). The van der Waals surface area contributed by atoms with Gasteiger partial charge in [0.2, 0.25) is 5.91 Å². The van der Waals surface area contributed by atoms with Crippen LogP contribution in [0.5, 0.6) is 0 Å². The number of esters is 1. The number of carbonyl (C=O) groups is 3. The van der Waals surface area contributed by atoms with E-state index in [-0.39, 0.29) is 31.5 Å². The van der Waals surface area contributed by atoms with Gasteiger partial charge in [-0.25, -0.2) is 0 Å². The van der Waals surface area contributed by atoms with Crippen LogP contribution in [0.1, 0.15) is 32.1 Å². The summed E-state index contributed by atoms with van der Waals surface area (Å²) in [5, 5.41) is 2.58. The molecule has 0 saturated carbocycles. The van der Waals surface area contributed by atoms with E-state index in [1.807, 2.05) is 6.08 Å². The maximum atomic E-state index is 11.5. The quantitative estimate of drug-likeness (QED) is 0.290. The second kappa shape index (κ2) is 12.4. The SMILES string of the molecule is NC(C=O)CC(=O)NCCOCCOC(=O)CCCC1=CC=CC1. The van der Waals surface area contributed by atoms with Gasteiger partial charge in [-0.2, -0.15) is 0 Å². The third kappa shape index (κ3) is 9.91. The molecule has 0 aromatic heterocycles. The van der Waals surface area contributed by atoms with Crippen LogP contribution in [0.25, 0.3) is 0 Å². The maximum Gasteiger partial charge on any atom is 0.305 e. The summed E-state index contributed by atoms with van der Waals surface area (Å²) in [7, 11) is 0. The van der Waals surface area contributed by atoms with E-state index in [1.54, 1.807) is 0 Å². The van der Waals surface area contributed by atoms with Crippen molar-refractivity contribution < 1.29 is 23.9 Å². The summed E-state index contributed by atoms with van der Waals surface area (Å²) >= 11 is 0. The lowest BCUT2D eigenvalue weighted by atomic mass is 10.1. The summed E-state index contributed by atoms with van der Waals surface area (Å²) in [5.74, 6) is -0.515. The van der Waals surface area contributed by atoms with E-state index in [1.165, 1.54) is 5.57 Å². The Hall–Kier alpha value is -1.99. The highest BCUT2D eigenvalue weighted by Crippen LogP contribution is 2.17. The van der Waals surface area contributed by atoms with Crippen molar-refractivity contribution in [3.63, 3.8) is 0 Å². The molecular formula is C17H26N2O5. The van der Waals surface area contributed by atoms with Gasteiger partial charge in [-0.1, -0.05) is 23.8 Å². The number of nitrogens with one attached hydrogen (secondary N) is 1. The van der Waals surface area contributed by atoms with Crippen molar-refractivity contribution in [2.24, 2.45) is 5.73 Å². The lowest BCUT2D eigenvalue weighted by Crippen LogP contribution is -2.34. The number of rotatable bonds is 13. The van der Waals surface area contributed by atoms with Gasteiger partial charge in [-0.15, -0.1) is 0 Å². The van der Waals surface area contributed by atoms with E-state index >= 15 is 0 Å². The fourth-order valence-corrected chi connectivity index (χ4v) is 2.12. The molecule has 7 heteroatoms. The molecule has 0 spiro atoms. The molecule has 0 heterocycles. The lowest BCUT2D eigenvalue weighted by Gasteiger charge is -2.08. The van der Waals surface area contributed by atoms with Crippen LogP contribution in [0, 0.1) is 0 Å². The second-order valence-corrected chi connectivity index (χ2v) is 5.50. The molecule has 1 aliphatic carbocycles. The molecule has 0 aliphatic heterocycles. The molecule has 1 atom stereocenters. The summed E-state index contributed by atoms with van der Waals surface area (Å²) in [6.45, 7) is 1.11. The first-order chi connectivity index (χ1) is 11.6. The zero-order chi connectivity index (χ0) is 17.6. The van der Waals surface area contributed by atoms with Gasteiger partial charge in [0.15, 0.2) is 0 Å². The van der Waals surface area contributed by atoms with Crippen molar-refractivity contribution in [3.8, 4) is 0 Å². The Labute approximate surface area is 142 Å². The fraction of sp³-hybridized carbons (Fsp3) is 0.588. The van der Waals surface area contributed by atoms with Crippen LogP contribution in [-0.4, -0.2) is 50.6 Å². The van der Waals surface area contributed by atoms with Crippen molar-refractivity contribution >= 4 is 18.2 Å². The predicted octanol–water partition coefficient (Wildman–Crippen LogP) is 0.635. The predicted molar refractivity (Wildman–Crippen MR) is 89.1 cm³/mol. The summed E-state index contributed by atoms with van der Waals surface area (Å²) in [6.07, 6.45) is 9.83. The Balaban J connectivity index is 1.88. The van der Waals surface area contributed by atoms with Gasteiger partial charge in [0.25, 0.3) is 0 Å². The second-order valence-electron chi connectivity index (χ2n) is 5.50. The zero-order valence-electron chi connectivity index (χ0n) is 13.9. The van der Waals surface area contributed by atoms with Crippen molar-refractivity contribution in [2.75, 3.05) is 26.4 Å². The average Bonchev–Trinajstić information content (AvgIpc) is 3.07. The topological polar surface area (TPSA) is 108 Å². The Morgan fingerprint density at radius 1 is 1.33 bits per heavy atom. The van der Waals surface area contributed by atoms with Crippen molar-refractivity contribution in [1.29, 1.82) is 0 Å². The molecule has 1 amide bonds. The van der Waals surface area contributed by atoms with Gasteiger partial charge < -0.3 is 25.3 Å². The lowest BCUT2D eigenvalue weighted by molar-refractivity contribution is -0.145. The molecule has 134 valence electrons. The molecule has 0 aromatic rings. The highest BCUT2D eigenvalue weighted by molar-refractivity contribution is 5.80. The number of ether oxygens (including phenoxy) is 2. The van der Waals surface area contributed by atoms with Gasteiger partial charge in [0, 0.05) is 19.4 Å². The Morgan fingerprint density at radius 3 is 2.88 bits per heavy atom. The third-order valence-corrected chi connectivity index (χ3v) is 3.38. The number of nitrogens with two attached hydrogens (primary N) is 1.